The number of likely N-dealkylation sites (N-methyl/N-ethyl adjacent to an activating group) is 1. The summed E-state index contributed by atoms with van der Waals surface area (Å²) >= 11 is 0. The summed E-state index contributed by atoms with van der Waals surface area (Å²) in [5.74, 6) is 1.47. The standard InChI is InChI=1S/C25H32N4O3/c1-18-5-7-19(8-6-18)22-16-23(21-15-20(31-3)9-10-24(21)32-4)29(26-22)25(30)17-28-13-11-27(2)12-14-28/h5-10,15,23H,11-14,16-17H2,1-4H3. The molecule has 2 aromatic carbocycles. The normalized spacial score (nSPS) is 19.7. The number of benzene rings is 2. The van der Waals surface area contributed by atoms with Crippen molar-refractivity contribution in [2.45, 2.75) is 19.4 Å². The average Bonchev–Trinajstić information content (AvgIpc) is 3.26. The summed E-state index contributed by atoms with van der Waals surface area (Å²) in [5, 5.41) is 6.48. The van der Waals surface area contributed by atoms with Crippen molar-refractivity contribution in [1.29, 1.82) is 0 Å². The number of piperazine rings is 1. The molecule has 1 atom stereocenters. The highest BCUT2D eigenvalue weighted by Crippen LogP contribution is 2.39. The molecule has 0 radical (unpaired) electrons. The van der Waals surface area contributed by atoms with E-state index in [0.717, 1.165) is 54.5 Å². The molecule has 7 nitrogen and oxygen atoms in total. The number of carbonyl (C=O) groups excluding carboxylic acids is 1. The van der Waals surface area contributed by atoms with Crippen molar-refractivity contribution >= 4 is 11.6 Å². The van der Waals surface area contributed by atoms with Crippen LogP contribution in [0.2, 0.25) is 0 Å². The average molecular weight is 437 g/mol. The van der Waals surface area contributed by atoms with Crippen molar-refractivity contribution in [3.05, 3.63) is 59.2 Å². The van der Waals surface area contributed by atoms with Crippen LogP contribution in [0.1, 0.15) is 29.2 Å². The molecular weight excluding hydrogens is 404 g/mol. The second kappa shape index (κ2) is 9.71. The van der Waals surface area contributed by atoms with Crippen LogP contribution in [0.3, 0.4) is 0 Å². The molecule has 1 amide bonds. The molecule has 0 spiro atoms. The molecule has 0 aliphatic carbocycles. The van der Waals surface area contributed by atoms with E-state index < -0.39 is 0 Å². The fourth-order valence-corrected chi connectivity index (χ4v) is 4.27. The molecule has 1 fully saturated rings. The first kappa shape index (κ1) is 22.3. The number of hydrogen-bond donors (Lipinski definition) is 0. The Bertz CT molecular complexity index is 981. The minimum absolute atomic E-state index is 0.00605. The first-order chi connectivity index (χ1) is 15.5. The number of hydrogen-bond acceptors (Lipinski definition) is 6. The fraction of sp³-hybridized carbons (Fsp3) is 0.440. The zero-order chi connectivity index (χ0) is 22.7. The molecule has 1 saturated heterocycles. The lowest BCUT2D eigenvalue weighted by Gasteiger charge is -2.33. The molecule has 0 saturated carbocycles. The van der Waals surface area contributed by atoms with Gasteiger partial charge in [-0.15, -0.1) is 0 Å². The first-order valence-corrected chi connectivity index (χ1v) is 11.1. The summed E-state index contributed by atoms with van der Waals surface area (Å²) in [4.78, 5) is 18.0. The van der Waals surface area contributed by atoms with E-state index in [-0.39, 0.29) is 11.9 Å². The number of amides is 1. The molecule has 2 aliphatic heterocycles. The van der Waals surface area contributed by atoms with Crippen molar-refractivity contribution in [2.24, 2.45) is 5.10 Å². The summed E-state index contributed by atoms with van der Waals surface area (Å²) in [7, 11) is 5.41. The van der Waals surface area contributed by atoms with E-state index in [4.69, 9.17) is 14.6 Å². The van der Waals surface area contributed by atoms with Crippen LogP contribution in [0.25, 0.3) is 0 Å². The summed E-state index contributed by atoms with van der Waals surface area (Å²) in [6.45, 7) is 6.14. The zero-order valence-corrected chi connectivity index (χ0v) is 19.4. The van der Waals surface area contributed by atoms with E-state index in [1.165, 1.54) is 5.56 Å². The van der Waals surface area contributed by atoms with E-state index >= 15 is 0 Å². The quantitative estimate of drug-likeness (QED) is 0.697. The van der Waals surface area contributed by atoms with Gasteiger partial charge in [0.15, 0.2) is 0 Å². The van der Waals surface area contributed by atoms with Crippen LogP contribution in [0.15, 0.2) is 47.6 Å². The molecule has 170 valence electrons. The number of ether oxygens (including phenoxy) is 2. The Balaban J connectivity index is 1.65. The summed E-state index contributed by atoms with van der Waals surface area (Å²) < 4.78 is 11.1. The van der Waals surface area contributed by atoms with E-state index in [0.29, 0.717) is 13.0 Å². The Hall–Kier alpha value is -2.90. The van der Waals surface area contributed by atoms with Crippen molar-refractivity contribution in [3.63, 3.8) is 0 Å². The number of rotatable bonds is 6. The lowest BCUT2D eigenvalue weighted by Crippen LogP contribution is -2.48. The predicted molar refractivity (Wildman–Crippen MR) is 125 cm³/mol. The molecule has 2 aliphatic rings. The van der Waals surface area contributed by atoms with Crippen LogP contribution < -0.4 is 9.47 Å². The van der Waals surface area contributed by atoms with Crippen molar-refractivity contribution in [2.75, 3.05) is 54.0 Å². The number of hydrazone groups is 1. The Morgan fingerprint density at radius 2 is 1.75 bits per heavy atom. The molecule has 0 bridgehead atoms. The van der Waals surface area contributed by atoms with Gasteiger partial charge in [-0.05, 0) is 37.7 Å². The van der Waals surface area contributed by atoms with Crippen molar-refractivity contribution in [1.82, 2.24) is 14.8 Å². The number of methoxy groups -OCH3 is 2. The van der Waals surface area contributed by atoms with Crippen LogP contribution in [-0.2, 0) is 4.79 Å². The van der Waals surface area contributed by atoms with Gasteiger partial charge in [0, 0.05) is 38.2 Å². The monoisotopic (exact) mass is 436 g/mol. The van der Waals surface area contributed by atoms with E-state index in [1.807, 2.05) is 18.2 Å². The zero-order valence-electron chi connectivity index (χ0n) is 19.4. The molecule has 4 rings (SSSR count). The minimum atomic E-state index is -0.240. The largest absolute Gasteiger partial charge is 0.497 e. The Labute approximate surface area is 190 Å². The third kappa shape index (κ3) is 4.79. The number of carbonyl (C=O) groups is 1. The van der Waals surface area contributed by atoms with Crippen LogP contribution in [0.4, 0.5) is 0 Å². The molecule has 32 heavy (non-hydrogen) atoms. The molecule has 1 unspecified atom stereocenters. The SMILES string of the molecule is COc1ccc(OC)c(C2CC(c3ccc(C)cc3)=NN2C(=O)CN2CCN(C)CC2)c1. The van der Waals surface area contributed by atoms with E-state index in [1.54, 1.807) is 19.2 Å². The van der Waals surface area contributed by atoms with Crippen LogP contribution >= 0.6 is 0 Å². The number of aryl methyl sites for hydroxylation is 1. The van der Waals surface area contributed by atoms with Crippen molar-refractivity contribution in [3.8, 4) is 11.5 Å². The summed E-state index contributed by atoms with van der Waals surface area (Å²) in [6.07, 6.45) is 0.626. The van der Waals surface area contributed by atoms with Gasteiger partial charge in [0.2, 0.25) is 0 Å². The fourth-order valence-electron chi connectivity index (χ4n) is 4.27. The van der Waals surface area contributed by atoms with Gasteiger partial charge in [-0.25, -0.2) is 5.01 Å². The molecule has 2 heterocycles. The lowest BCUT2D eigenvalue weighted by atomic mass is 9.97. The second-order valence-electron chi connectivity index (χ2n) is 8.56. The van der Waals surface area contributed by atoms with Gasteiger partial charge in [0.25, 0.3) is 5.91 Å². The first-order valence-electron chi connectivity index (χ1n) is 11.1. The van der Waals surface area contributed by atoms with Gasteiger partial charge in [-0.1, -0.05) is 29.8 Å². The van der Waals surface area contributed by atoms with Crippen LogP contribution in [0, 0.1) is 6.92 Å². The van der Waals surface area contributed by atoms with Crippen molar-refractivity contribution < 1.29 is 14.3 Å². The van der Waals surface area contributed by atoms with Gasteiger partial charge in [0.1, 0.15) is 11.5 Å². The lowest BCUT2D eigenvalue weighted by molar-refractivity contribution is -0.134. The van der Waals surface area contributed by atoms with Gasteiger partial charge in [-0.2, -0.15) is 5.10 Å². The van der Waals surface area contributed by atoms with Gasteiger partial charge < -0.3 is 14.4 Å². The van der Waals surface area contributed by atoms with Crippen LogP contribution in [0.5, 0.6) is 11.5 Å². The van der Waals surface area contributed by atoms with E-state index in [9.17, 15) is 4.79 Å². The molecular formula is C25H32N4O3. The third-order valence-corrected chi connectivity index (χ3v) is 6.30. The Morgan fingerprint density at radius 3 is 2.41 bits per heavy atom. The summed E-state index contributed by atoms with van der Waals surface area (Å²) in [6, 6.07) is 13.8. The highest BCUT2D eigenvalue weighted by molar-refractivity contribution is 6.03. The second-order valence-corrected chi connectivity index (χ2v) is 8.56. The molecule has 0 N–H and O–H groups in total. The third-order valence-electron chi connectivity index (χ3n) is 6.30. The Kier molecular flexibility index (Phi) is 6.77. The minimum Gasteiger partial charge on any atom is -0.497 e. The maximum absolute atomic E-state index is 13.5. The van der Waals surface area contributed by atoms with Gasteiger partial charge in [0.05, 0.1) is 32.5 Å². The maximum atomic E-state index is 13.5. The predicted octanol–water partition coefficient (Wildman–Crippen LogP) is 2.94. The number of nitrogens with zero attached hydrogens (tertiary/aromatic N) is 4. The topological polar surface area (TPSA) is 57.6 Å². The highest BCUT2D eigenvalue weighted by atomic mass is 16.5. The smallest absolute Gasteiger partial charge is 0.257 e. The van der Waals surface area contributed by atoms with Gasteiger partial charge >= 0.3 is 0 Å². The summed E-state index contributed by atoms with van der Waals surface area (Å²) in [5.41, 5.74) is 4.05. The van der Waals surface area contributed by atoms with Crippen LogP contribution in [-0.4, -0.2) is 80.4 Å². The maximum Gasteiger partial charge on any atom is 0.257 e. The molecule has 2 aromatic rings. The van der Waals surface area contributed by atoms with Gasteiger partial charge in [-0.3, -0.25) is 9.69 Å². The molecule has 7 heteroatoms. The highest BCUT2D eigenvalue weighted by Gasteiger charge is 2.36. The molecule has 0 aromatic heterocycles. The van der Waals surface area contributed by atoms with E-state index in [2.05, 4.69) is 48.0 Å². The Morgan fingerprint density at radius 1 is 1.03 bits per heavy atom.